The van der Waals surface area contributed by atoms with Crippen LogP contribution in [0.2, 0.25) is 5.02 Å². The molecule has 1 aromatic carbocycles. The molecule has 0 saturated heterocycles. The van der Waals surface area contributed by atoms with Crippen molar-refractivity contribution in [1.29, 1.82) is 0 Å². The standard InChI is InChI=1S/C15H13ClN2OS2/c1-10-9-21-15(17-10)18(12-6-4-11(16)5-7-12)14(19)13-3-2-8-20-13/h2-8,10H,9H2,1H3/t10-/m0/s1. The summed E-state index contributed by atoms with van der Waals surface area (Å²) in [6.45, 7) is 2.05. The number of anilines is 1. The molecule has 6 heteroatoms. The summed E-state index contributed by atoms with van der Waals surface area (Å²) in [6.07, 6.45) is 0. The summed E-state index contributed by atoms with van der Waals surface area (Å²) >= 11 is 8.99. The van der Waals surface area contributed by atoms with Crippen LogP contribution in [0.3, 0.4) is 0 Å². The van der Waals surface area contributed by atoms with Crippen LogP contribution in [0.15, 0.2) is 46.8 Å². The van der Waals surface area contributed by atoms with Gasteiger partial charge in [0.25, 0.3) is 5.91 Å². The lowest BCUT2D eigenvalue weighted by molar-refractivity contribution is 0.101. The quantitative estimate of drug-likeness (QED) is 0.806. The first-order valence-electron chi connectivity index (χ1n) is 6.49. The first kappa shape index (κ1) is 14.6. The third-order valence-corrected chi connectivity index (χ3v) is 5.30. The third-order valence-electron chi connectivity index (χ3n) is 3.00. The molecule has 2 heterocycles. The Labute approximate surface area is 136 Å². The largest absolute Gasteiger partial charge is 0.274 e. The molecule has 108 valence electrons. The van der Waals surface area contributed by atoms with Gasteiger partial charge in [0.05, 0.1) is 16.6 Å². The van der Waals surface area contributed by atoms with Gasteiger partial charge in [0.15, 0.2) is 5.17 Å². The number of carbonyl (C=O) groups is 1. The number of benzene rings is 1. The van der Waals surface area contributed by atoms with Gasteiger partial charge < -0.3 is 0 Å². The van der Waals surface area contributed by atoms with E-state index < -0.39 is 0 Å². The highest BCUT2D eigenvalue weighted by atomic mass is 35.5. The Morgan fingerprint density at radius 3 is 2.67 bits per heavy atom. The van der Waals surface area contributed by atoms with Crippen LogP contribution in [0.5, 0.6) is 0 Å². The van der Waals surface area contributed by atoms with Crippen molar-refractivity contribution in [2.75, 3.05) is 10.7 Å². The average Bonchev–Trinajstić information content (AvgIpc) is 3.13. The molecule has 1 aliphatic heterocycles. The maximum absolute atomic E-state index is 12.8. The molecule has 1 amide bonds. The van der Waals surface area contributed by atoms with Crippen LogP contribution in [0.25, 0.3) is 0 Å². The number of carbonyl (C=O) groups excluding carboxylic acids is 1. The predicted octanol–water partition coefficient (Wildman–Crippen LogP) is 4.54. The zero-order valence-electron chi connectivity index (χ0n) is 11.3. The molecule has 3 nitrogen and oxygen atoms in total. The maximum atomic E-state index is 12.8. The molecule has 0 radical (unpaired) electrons. The number of thioether (sulfide) groups is 1. The highest BCUT2D eigenvalue weighted by Gasteiger charge is 2.28. The monoisotopic (exact) mass is 336 g/mol. The fourth-order valence-electron chi connectivity index (χ4n) is 2.00. The fraction of sp³-hybridized carbons (Fsp3) is 0.200. The Morgan fingerprint density at radius 1 is 1.33 bits per heavy atom. The van der Waals surface area contributed by atoms with Gasteiger partial charge in [-0.1, -0.05) is 29.4 Å². The van der Waals surface area contributed by atoms with E-state index in [0.717, 1.165) is 16.6 Å². The maximum Gasteiger partial charge on any atom is 0.274 e. The SMILES string of the molecule is C[C@H]1CSC(N(C(=O)c2cccs2)c2ccc(Cl)cc2)=N1. The number of rotatable bonds is 2. The molecular formula is C15H13ClN2OS2. The van der Waals surface area contributed by atoms with Gasteiger partial charge in [-0.3, -0.25) is 14.7 Å². The van der Waals surface area contributed by atoms with E-state index in [1.807, 2.05) is 29.6 Å². The van der Waals surface area contributed by atoms with Gasteiger partial charge in [-0.2, -0.15) is 0 Å². The Kier molecular flexibility index (Phi) is 4.33. The first-order valence-corrected chi connectivity index (χ1v) is 8.73. The van der Waals surface area contributed by atoms with Crippen LogP contribution < -0.4 is 4.90 Å². The van der Waals surface area contributed by atoms with Crippen molar-refractivity contribution in [2.24, 2.45) is 4.99 Å². The summed E-state index contributed by atoms with van der Waals surface area (Å²) in [5.74, 6) is 0.851. The highest BCUT2D eigenvalue weighted by molar-refractivity contribution is 8.14. The second-order valence-electron chi connectivity index (χ2n) is 4.67. The van der Waals surface area contributed by atoms with E-state index in [0.29, 0.717) is 9.90 Å². The molecule has 0 N–H and O–H groups in total. The molecule has 1 aromatic heterocycles. The summed E-state index contributed by atoms with van der Waals surface area (Å²) in [5, 5.41) is 3.30. The molecular weight excluding hydrogens is 324 g/mol. The smallest absolute Gasteiger partial charge is 0.267 e. The van der Waals surface area contributed by atoms with Crippen molar-refractivity contribution in [1.82, 2.24) is 0 Å². The second-order valence-corrected chi connectivity index (χ2v) is 7.04. The minimum absolute atomic E-state index is 0.0485. The molecule has 3 rings (SSSR count). The van der Waals surface area contributed by atoms with E-state index in [1.54, 1.807) is 28.8 Å². The summed E-state index contributed by atoms with van der Waals surface area (Å²) in [5.41, 5.74) is 0.790. The van der Waals surface area contributed by atoms with Gasteiger partial charge in [-0.05, 0) is 42.6 Å². The first-order chi connectivity index (χ1) is 10.1. The van der Waals surface area contributed by atoms with Crippen molar-refractivity contribution < 1.29 is 4.79 Å². The number of hydrogen-bond donors (Lipinski definition) is 0. The van der Waals surface area contributed by atoms with Gasteiger partial charge in [0.2, 0.25) is 0 Å². The molecule has 0 unspecified atom stereocenters. The number of nitrogens with zero attached hydrogens (tertiary/aromatic N) is 2. The van der Waals surface area contributed by atoms with E-state index in [4.69, 9.17) is 11.6 Å². The summed E-state index contributed by atoms with van der Waals surface area (Å²) in [7, 11) is 0. The van der Waals surface area contributed by atoms with Gasteiger partial charge in [0, 0.05) is 10.8 Å². The molecule has 21 heavy (non-hydrogen) atoms. The van der Waals surface area contributed by atoms with Crippen LogP contribution in [0.1, 0.15) is 16.6 Å². The molecule has 0 saturated carbocycles. The third kappa shape index (κ3) is 3.15. The zero-order valence-corrected chi connectivity index (χ0v) is 13.7. The van der Waals surface area contributed by atoms with Gasteiger partial charge in [-0.15, -0.1) is 11.3 Å². The molecule has 0 aliphatic carbocycles. The molecule has 0 fully saturated rings. The number of amides is 1. The van der Waals surface area contributed by atoms with Crippen LogP contribution in [-0.4, -0.2) is 22.9 Å². The predicted molar refractivity (Wildman–Crippen MR) is 91.9 cm³/mol. The van der Waals surface area contributed by atoms with Crippen LogP contribution in [0, 0.1) is 0 Å². The Hall–Kier alpha value is -1.30. The second kappa shape index (κ2) is 6.22. The van der Waals surface area contributed by atoms with E-state index in [1.165, 1.54) is 11.3 Å². The lowest BCUT2D eigenvalue weighted by Crippen LogP contribution is -2.34. The van der Waals surface area contributed by atoms with E-state index in [-0.39, 0.29) is 11.9 Å². The van der Waals surface area contributed by atoms with E-state index >= 15 is 0 Å². The number of halogens is 1. The average molecular weight is 337 g/mol. The number of hydrogen-bond acceptors (Lipinski definition) is 4. The van der Waals surface area contributed by atoms with Gasteiger partial charge in [0.1, 0.15) is 0 Å². The molecule has 0 spiro atoms. The van der Waals surface area contributed by atoms with Crippen LogP contribution in [0.4, 0.5) is 5.69 Å². The summed E-state index contributed by atoms with van der Waals surface area (Å²) in [6, 6.07) is 11.2. The molecule has 2 aromatic rings. The van der Waals surface area contributed by atoms with Gasteiger partial charge in [-0.25, -0.2) is 0 Å². The fourth-order valence-corrected chi connectivity index (χ4v) is 3.81. The molecule has 0 bridgehead atoms. The Morgan fingerprint density at radius 2 is 2.10 bits per heavy atom. The number of amidine groups is 1. The normalized spacial score (nSPS) is 17.6. The number of thiophene rings is 1. The summed E-state index contributed by atoms with van der Waals surface area (Å²) in [4.78, 5) is 19.7. The van der Waals surface area contributed by atoms with Crippen LogP contribution in [-0.2, 0) is 0 Å². The molecule has 1 atom stereocenters. The Bertz CT molecular complexity index is 667. The Balaban J connectivity index is 2.01. The van der Waals surface area contributed by atoms with E-state index in [2.05, 4.69) is 11.9 Å². The highest BCUT2D eigenvalue weighted by Crippen LogP contribution is 2.29. The van der Waals surface area contributed by atoms with Crippen molar-refractivity contribution in [3.05, 3.63) is 51.7 Å². The van der Waals surface area contributed by atoms with Crippen LogP contribution >= 0.6 is 34.7 Å². The molecule has 1 aliphatic rings. The van der Waals surface area contributed by atoms with Crippen molar-refractivity contribution in [3.63, 3.8) is 0 Å². The zero-order chi connectivity index (χ0) is 14.8. The van der Waals surface area contributed by atoms with Crippen molar-refractivity contribution in [2.45, 2.75) is 13.0 Å². The minimum atomic E-state index is -0.0485. The topological polar surface area (TPSA) is 32.7 Å². The lowest BCUT2D eigenvalue weighted by atomic mass is 10.3. The summed E-state index contributed by atoms with van der Waals surface area (Å²) < 4.78 is 0. The van der Waals surface area contributed by atoms with Crippen molar-refractivity contribution in [3.8, 4) is 0 Å². The van der Waals surface area contributed by atoms with Gasteiger partial charge >= 0.3 is 0 Å². The minimum Gasteiger partial charge on any atom is -0.267 e. The number of aliphatic imine (C=N–C) groups is 1. The lowest BCUT2D eigenvalue weighted by Gasteiger charge is -2.21. The van der Waals surface area contributed by atoms with E-state index in [9.17, 15) is 4.79 Å². The van der Waals surface area contributed by atoms with Crippen molar-refractivity contribution >= 4 is 51.5 Å².